The van der Waals surface area contributed by atoms with Crippen molar-refractivity contribution < 1.29 is 19.4 Å². The highest BCUT2D eigenvalue weighted by molar-refractivity contribution is 6.36. The molecule has 0 bridgehead atoms. The largest absolute Gasteiger partial charge is 0.270 e. The first-order valence-electron chi connectivity index (χ1n) is 8.14. The summed E-state index contributed by atoms with van der Waals surface area (Å²) in [5.41, 5.74) is 0.316. The Morgan fingerprint density at radius 1 is 0.786 bits per heavy atom. The zero-order valence-electron chi connectivity index (χ0n) is 14.4. The number of anilines is 1. The molecule has 28 heavy (non-hydrogen) atoms. The van der Waals surface area contributed by atoms with Crippen LogP contribution < -0.4 is 4.90 Å². The van der Waals surface area contributed by atoms with Crippen LogP contribution in [0.1, 0.15) is 26.3 Å². The summed E-state index contributed by atoms with van der Waals surface area (Å²) in [5, 5.41) is 22.8. The molecule has 0 atom stereocenters. The summed E-state index contributed by atoms with van der Waals surface area (Å²) in [6, 6.07) is 11.0. The average Bonchev–Trinajstić information content (AvgIpc) is 2.66. The average molecular weight is 377 g/mol. The number of nitro benzene ring substituents is 2. The minimum absolute atomic E-state index is 0.0470. The highest BCUT2D eigenvalue weighted by atomic mass is 16.6. The van der Waals surface area contributed by atoms with Gasteiger partial charge in [0.1, 0.15) is 0 Å². The minimum Gasteiger partial charge on any atom is -0.268 e. The van der Waals surface area contributed by atoms with Crippen LogP contribution >= 0.6 is 0 Å². The molecule has 2 amide bonds. The van der Waals surface area contributed by atoms with E-state index in [-0.39, 0.29) is 39.0 Å². The maximum absolute atomic E-state index is 13.0. The Morgan fingerprint density at radius 3 is 1.68 bits per heavy atom. The number of amides is 2. The van der Waals surface area contributed by atoms with Gasteiger partial charge >= 0.3 is 0 Å². The smallest absolute Gasteiger partial charge is 0.268 e. The Balaban J connectivity index is 2.05. The number of hydrogen-bond donors (Lipinski definition) is 0. The van der Waals surface area contributed by atoms with Gasteiger partial charge in [0.2, 0.25) is 0 Å². The van der Waals surface area contributed by atoms with Gasteiger partial charge in [0, 0.05) is 29.7 Å². The van der Waals surface area contributed by atoms with E-state index in [9.17, 15) is 29.8 Å². The second-order valence-corrected chi connectivity index (χ2v) is 6.38. The SMILES string of the molecule is Cc1ccc(N2C(=O)c3cc([N+](=O)[O-])cc4cc([N+](=O)[O-])cc(c34)C2=O)cc1. The predicted molar refractivity (Wildman–Crippen MR) is 99.6 cm³/mol. The van der Waals surface area contributed by atoms with E-state index in [2.05, 4.69) is 0 Å². The number of carbonyl (C=O) groups excluding carboxylic acids is 2. The Labute approximate surface area is 157 Å². The summed E-state index contributed by atoms with van der Waals surface area (Å²) in [6.45, 7) is 1.84. The Hall–Kier alpha value is -4.14. The first-order valence-corrected chi connectivity index (χ1v) is 8.14. The maximum atomic E-state index is 13.0. The van der Waals surface area contributed by atoms with Gasteiger partial charge in [-0.25, -0.2) is 4.90 Å². The van der Waals surface area contributed by atoms with Crippen molar-refractivity contribution in [3.63, 3.8) is 0 Å². The molecule has 0 spiro atoms. The normalized spacial score (nSPS) is 13.1. The molecule has 3 aromatic rings. The van der Waals surface area contributed by atoms with Gasteiger partial charge in [0.05, 0.1) is 26.7 Å². The van der Waals surface area contributed by atoms with Crippen LogP contribution in [0.5, 0.6) is 0 Å². The Bertz CT molecular complexity index is 1150. The lowest BCUT2D eigenvalue weighted by atomic mass is 9.92. The molecule has 9 nitrogen and oxygen atoms in total. The first-order chi connectivity index (χ1) is 13.3. The molecule has 0 aliphatic carbocycles. The molecule has 0 aromatic heterocycles. The lowest BCUT2D eigenvalue weighted by Gasteiger charge is -2.27. The Morgan fingerprint density at radius 2 is 1.25 bits per heavy atom. The van der Waals surface area contributed by atoms with Gasteiger partial charge in [0.15, 0.2) is 0 Å². The second kappa shape index (κ2) is 5.95. The number of benzene rings is 3. The van der Waals surface area contributed by atoms with Crippen LogP contribution in [0.25, 0.3) is 10.8 Å². The first kappa shape index (κ1) is 17.3. The van der Waals surface area contributed by atoms with Crippen LogP contribution in [0.3, 0.4) is 0 Å². The maximum Gasteiger partial charge on any atom is 0.270 e. The molecule has 1 aliphatic heterocycles. The van der Waals surface area contributed by atoms with Crippen molar-refractivity contribution in [2.24, 2.45) is 0 Å². The number of imide groups is 1. The Kier molecular flexibility index (Phi) is 3.67. The third-order valence-electron chi connectivity index (χ3n) is 4.60. The summed E-state index contributed by atoms with van der Waals surface area (Å²) in [4.78, 5) is 48.1. The number of hydrogen-bond acceptors (Lipinski definition) is 6. The molecule has 138 valence electrons. The highest BCUT2D eigenvalue weighted by Gasteiger charge is 2.36. The van der Waals surface area contributed by atoms with Crippen LogP contribution in [-0.4, -0.2) is 21.7 Å². The molecule has 3 aromatic carbocycles. The fourth-order valence-electron chi connectivity index (χ4n) is 3.29. The standard InChI is InChI=1S/C19H11N3O6/c1-10-2-4-12(5-3-10)20-18(23)15-8-13(21(25)26)6-11-7-14(22(27)28)9-16(17(11)15)19(20)24/h2-9H,1H3. The monoisotopic (exact) mass is 377 g/mol. The number of nitro groups is 2. The third kappa shape index (κ3) is 2.49. The van der Waals surface area contributed by atoms with Crippen molar-refractivity contribution in [1.82, 2.24) is 0 Å². The van der Waals surface area contributed by atoms with E-state index in [0.717, 1.165) is 34.7 Å². The summed E-state index contributed by atoms with van der Waals surface area (Å²) >= 11 is 0. The van der Waals surface area contributed by atoms with Crippen LogP contribution in [0.15, 0.2) is 48.5 Å². The summed E-state index contributed by atoms with van der Waals surface area (Å²) in [5.74, 6) is -1.44. The summed E-state index contributed by atoms with van der Waals surface area (Å²) in [6.07, 6.45) is 0. The van der Waals surface area contributed by atoms with Gasteiger partial charge in [0.25, 0.3) is 23.2 Å². The number of nitrogens with zero attached hydrogens (tertiary/aromatic N) is 3. The van der Waals surface area contributed by atoms with Crippen molar-refractivity contribution in [2.45, 2.75) is 6.92 Å². The van der Waals surface area contributed by atoms with Gasteiger partial charge < -0.3 is 0 Å². The van der Waals surface area contributed by atoms with E-state index in [1.165, 1.54) is 0 Å². The van der Waals surface area contributed by atoms with Crippen LogP contribution in [0, 0.1) is 27.2 Å². The summed E-state index contributed by atoms with van der Waals surface area (Å²) in [7, 11) is 0. The topological polar surface area (TPSA) is 124 Å². The van der Waals surface area contributed by atoms with E-state index >= 15 is 0 Å². The lowest BCUT2D eigenvalue weighted by molar-refractivity contribution is -0.385. The van der Waals surface area contributed by atoms with Crippen LogP contribution in [0.2, 0.25) is 0 Å². The molecule has 0 radical (unpaired) electrons. The molecular formula is C19H11N3O6. The number of aryl methyl sites for hydroxylation is 1. The molecular weight excluding hydrogens is 366 g/mol. The van der Waals surface area contributed by atoms with Crippen LogP contribution in [0.4, 0.5) is 17.1 Å². The fourth-order valence-corrected chi connectivity index (χ4v) is 3.29. The molecule has 0 unspecified atom stereocenters. The van der Waals surface area contributed by atoms with E-state index < -0.39 is 21.7 Å². The van der Waals surface area contributed by atoms with Crippen molar-refractivity contribution in [3.05, 3.63) is 85.4 Å². The molecule has 0 N–H and O–H groups in total. The van der Waals surface area contributed by atoms with E-state index in [0.29, 0.717) is 0 Å². The second-order valence-electron chi connectivity index (χ2n) is 6.38. The predicted octanol–water partition coefficient (Wildman–Crippen LogP) is 3.77. The zero-order valence-corrected chi connectivity index (χ0v) is 14.4. The van der Waals surface area contributed by atoms with Gasteiger partial charge in [-0.05, 0) is 24.4 Å². The van der Waals surface area contributed by atoms with Gasteiger partial charge in [-0.15, -0.1) is 0 Å². The van der Waals surface area contributed by atoms with Gasteiger partial charge in [-0.3, -0.25) is 29.8 Å². The zero-order chi connectivity index (χ0) is 20.2. The minimum atomic E-state index is -0.719. The summed E-state index contributed by atoms with van der Waals surface area (Å²) < 4.78 is 0. The van der Waals surface area contributed by atoms with Gasteiger partial charge in [-0.2, -0.15) is 0 Å². The third-order valence-corrected chi connectivity index (χ3v) is 4.60. The number of carbonyl (C=O) groups is 2. The molecule has 1 heterocycles. The lowest BCUT2D eigenvalue weighted by Crippen LogP contribution is -2.40. The van der Waals surface area contributed by atoms with Crippen molar-refractivity contribution >= 4 is 39.6 Å². The molecule has 0 saturated carbocycles. The van der Waals surface area contributed by atoms with Crippen molar-refractivity contribution in [2.75, 3.05) is 4.90 Å². The van der Waals surface area contributed by atoms with E-state index in [1.807, 2.05) is 6.92 Å². The molecule has 0 fully saturated rings. The molecule has 0 saturated heterocycles. The number of rotatable bonds is 3. The van der Waals surface area contributed by atoms with Crippen molar-refractivity contribution in [3.8, 4) is 0 Å². The molecule has 9 heteroatoms. The van der Waals surface area contributed by atoms with E-state index in [4.69, 9.17) is 0 Å². The van der Waals surface area contributed by atoms with Crippen LogP contribution in [-0.2, 0) is 0 Å². The highest BCUT2D eigenvalue weighted by Crippen LogP contribution is 2.37. The quantitative estimate of drug-likeness (QED) is 0.389. The van der Waals surface area contributed by atoms with Gasteiger partial charge in [-0.1, -0.05) is 17.7 Å². The molecule has 4 rings (SSSR count). The molecule has 1 aliphatic rings. The number of non-ortho nitro benzene ring substituents is 2. The van der Waals surface area contributed by atoms with Crippen molar-refractivity contribution in [1.29, 1.82) is 0 Å². The fraction of sp³-hybridized carbons (Fsp3) is 0.0526. The van der Waals surface area contributed by atoms with E-state index in [1.54, 1.807) is 24.3 Å².